The molecule has 0 aliphatic carbocycles. The van der Waals surface area contributed by atoms with Gasteiger partial charge in [-0.05, 0) is 36.4 Å². The van der Waals surface area contributed by atoms with Gasteiger partial charge in [0.1, 0.15) is 16.5 Å². The van der Waals surface area contributed by atoms with Crippen LogP contribution in [0.4, 0.5) is 0 Å². The number of ketones is 1. The predicted molar refractivity (Wildman–Crippen MR) is 93.9 cm³/mol. The Labute approximate surface area is 147 Å². The molecule has 0 amide bonds. The monoisotopic (exact) mass is 357 g/mol. The number of nitrogens with zero attached hydrogens (tertiary/aromatic N) is 1. The van der Waals surface area contributed by atoms with E-state index in [4.69, 9.17) is 9.47 Å². The number of phenolic OH excluding ortho intramolecular Hbond substituents is 2. The average Bonchev–Trinajstić information content (AvgIpc) is 3.12. The van der Waals surface area contributed by atoms with Crippen LogP contribution in [0.3, 0.4) is 0 Å². The Balaban J connectivity index is 1.95. The van der Waals surface area contributed by atoms with E-state index in [1.165, 1.54) is 37.7 Å². The molecule has 1 heterocycles. The van der Waals surface area contributed by atoms with Gasteiger partial charge in [-0.15, -0.1) is 11.3 Å². The van der Waals surface area contributed by atoms with Gasteiger partial charge in [-0.1, -0.05) is 0 Å². The van der Waals surface area contributed by atoms with Gasteiger partial charge in [0.25, 0.3) is 0 Å². The smallest absolute Gasteiger partial charge is 0.212 e. The van der Waals surface area contributed by atoms with E-state index in [2.05, 4.69) is 4.98 Å². The SMILES string of the molecule is COc1cc(C(=O)c2csc(-c3ccc(O)cc3)n2)cc(OC)c1O. The standard InChI is InChI=1S/C18H15NO5S/c1-23-14-7-11(8-15(24-2)17(14)22)16(21)13-9-25-18(19-13)10-3-5-12(20)6-4-10/h3-9,20,22H,1-2H3. The molecule has 0 atom stereocenters. The van der Waals surface area contributed by atoms with Gasteiger partial charge >= 0.3 is 0 Å². The van der Waals surface area contributed by atoms with Gasteiger partial charge in [0, 0.05) is 16.5 Å². The van der Waals surface area contributed by atoms with E-state index in [-0.39, 0.29) is 34.5 Å². The molecular weight excluding hydrogens is 342 g/mol. The first kappa shape index (κ1) is 16.8. The summed E-state index contributed by atoms with van der Waals surface area (Å²) in [6.07, 6.45) is 0. The number of hydrogen-bond donors (Lipinski definition) is 2. The number of phenols is 2. The molecule has 3 aromatic rings. The fraction of sp³-hybridized carbons (Fsp3) is 0.111. The normalized spacial score (nSPS) is 10.5. The van der Waals surface area contributed by atoms with Crippen LogP contribution in [0.15, 0.2) is 41.8 Å². The van der Waals surface area contributed by atoms with Crippen molar-refractivity contribution in [3.05, 3.63) is 53.0 Å². The van der Waals surface area contributed by atoms with Crippen LogP contribution in [-0.4, -0.2) is 35.2 Å². The fourth-order valence-electron chi connectivity index (χ4n) is 2.29. The molecular formula is C18H15NO5S. The van der Waals surface area contributed by atoms with Gasteiger partial charge in [0.05, 0.1) is 14.2 Å². The summed E-state index contributed by atoms with van der Waals surface area (Å²) in [5, 5.41) is 21.6. The highest BCUT2D eigenvalue weighted by Crippen LogP contribution is 2.38. The van der Waals surface area contributed by atoms with Gasteiger partial charge in [0.15, 0.2) is 11.5 Å². The summed E-state index contributed by atoms with van der Waals surface area (Å²) in [4.78, 5) is 17.1. The Bertz CT molecular complexity index is 892. The molecule has 0 saturated heterocycles. The van der Waals surface area contributed by atoms with Crippen LogP contribution in [0.5, 0.6) is 23.0 Å². The average molecular weight is 357 g/mol. The molecule has 0 spiro atoms. The summed E-state index contributed by atoms with van der Waals surface area (Å²) >= 11 is 1.33. The van der Waals surface area contributed by atoms with Crippen molar-refractivity contribution in [2.24, 2.45) is 0 Å². The van der Waals surface area contributed by atoms with Crippen molar-refractivity contribution < 1.29 is 24.5 Å². The number of aromatic hydroxyl groups is 2. The molecule has 2 aromatic carbocycles. The summed E-state index contributed by atoms with van der Waals surface area (Å²) < 4.78 is 10.2. The molecule has 0 bridgehead atoms. The third kappa shape index (κ3) is 3.27. The van der Waals surface area contributed by atoms with E-state index in [1.807, 2.05) is 0 Å². The van der Waals surface area contributed by atoms with E-state index in [0.29, 0.717) is 10.6 Å². The molecule has 6 nitrogen and oxygen atoms in total. The van der Waals surface area contributed by atoms with Crippen LogP contribution in [0.25, 0.3) is 10.6 Å². The van der Waals surface area contributed by atoms with Crippen molar-refractivity contribution in [2.45, 2.75) is 0 Å². The first-order chi connectivity index (χ1) is 12.0. The first-order valence-corrected chi connectivity index (χ1v) is 8.16. The molecule has 128 valence electrons. The quantitative estimate of drug-likeness (QED) is 0.680. The van der Waals surface area contributed by atoms with Gasteiger partial charge in [-0.3, -0.25) is 4.79 Å². The maximum absolute atomic E-state index is 12.7. The second-order valence-corrected chi connectivity index (χ2v) is 6.00. The van der Waals surface area contributed by atoms with Crippen molar-refractivity contribution in [1.29, 1.82) is 0 Å². The van der Waals surface area contributed by atoms with Crippen molar-refractivity contribution >= 4 is 17.1 Å². The van der Waals surface area contributed by atoms with Crippen molar-refractivity contribution in [3.8, 4) is 33.6 Å². The Morgan fingerprint density at radius 3 is 2.20 bits per heavy atom. The summed E-state index contributed by atoms with van der Waals surface area (Å²) in [6, 6.07) is 9.48. The van der Waals surface area contributed by atoms with Gasteiger partial charge in [-0.2, -0.15) is 0 Å². The minimum Gasteiger partial charge on any atom is -0.508 e. The van der Waals surface area contributed by atoms with Gasteiger partial charge in [0.2, 0.25) is 11.5 Å². The number of aromatic nitrogens is 1. The van der Waals surface area contributed by atoms with Crippen molar-refractivity contribution in [3.63, 3.8) is 0 Å². The van der Waals surface area contributed by atoms with E-state index in [1.54, 1.807) is 29.6 Å². The minimum atomic E-state index is -0.308. The summed E-state index contributed by atoms with van der Waals surface area (Å²) in [5.41, 5.74) is 1.39. The van der Waals surface area contributed by atoms with Crippen LogP contribution in [-0.2, 0) is 0 Å². The number of benzene rings is 2. The molecule has 0 saturated carbocycles. The zero-order valence-electron chi connectivity index (χ0n) is 13.5. The summed E-state index contributed by atoms with van der Waals surface area (Å²) in [6.45, 7) is 0. The maximum Gasteiger partial charge on any atom is 0.212 e. The summed E-state index contributed by atoms with van der Waals surface area (Å²) in [5.74, 6) is -0.00393. The second-order valence-electron chi connectivity index (χ2n) is 5.14. The largest absolute Gasteiger partial charge is 0.508 e. The number of hydrogen-bond acceptors (Lipinski definition) is 7. The topological polar surface area (TPSA) is 88.9 Å². The fourth-order valence-corrected chi connectivity index (χ4v) is 3.09. The molecule has 1 aromatic heterocycles. The number of thiazole rings is 1. The zero-order valence-corrected chi connectivity index (χ0v) is 14.3. The van der Waals surface area contributed by atoms with E-state index in [9.17, 15) is 15.0 Å². The maximum atomic E-state index is 12.7. The Hall–Kier alpha value is -3.06. The van der Waals surface area contributed by atoms with Crippen LogP contribution < -0.4 is 9.47 Å². The van der Waals surface area contributed by atoms with Crippen LogP contribution in [0.1, 0.15) is 16.1 Å². The van der Waals surface area contributed by atoms with Crippen LogP contribution in [0, 0.1) is 0 Å². The molecule has 7 heteroatoms. The molecule has 0 aliphatic heterocycles. The van der Waals surface area contributed by atoms with Crippen molar-refractivity contribution in [2.75, 3.05) is 14.2 Å². The van der Waals surface area contributed by atoms with Gasteiger partial charge < -0.3 is 19.7 Å². The molecule has 0 aliphatic rings. The highest BCUT2D eigenvalue weighted by molar-refractivity contribution is 7.13. The minimum absolute atomic E-state index is 0.150. The lowest BCUT2D eigenvalue weighted by atomic mass is 10.1. The highest BCUT2D eigenvalue weighted by Gasteiger charge is 2.19. The molecule has 2 N–H and O–H groups in total. The highest BCUT2D eigenvalue weighted by atomic mass is 32.1. The second kappa shape index (κ2) is 6.82. The summed E-state index contributed by atoms with van der Waals surface area (Å²) in [7, 11) is 2.79. The Morgan fingerprint density at radius 1 is 1.04 bits per heavy atom. The lowest BCUT2D eigenvalue weighted by Crippen LogP contribution is -2.03. The van der Waals surface area contributed by atoms with Crippen molar-refractivity contribution in [1.82, 2.24) is 4.98 Å². The Morgan fingerprint density at radius 2 is 1.64 bits per heavy atom. The van der Waals surface area contributed by atoms with E-state index in [0.717, 1.165) is 5.56 Å². The van der Waals surface area contributed by atoms with Crippen LogP contribution in [0.2, 0.25) is 0 Å². The van der Waals surface area contributed by atoms with E-state index < -0.39 is 0 Å². The zero-order chi connectivity index (χ0) is 18.0. The number of rotatable bonds is 5. The molecule has 3 rings (SSSR count). The number of carbonyl (C=O) groups excluding carboxylic acids is 1. The van der Waals surface area contributed by atoms with Gasteiger partial charge in [-0.25, -0.2) is 4.98 Å². The number of ether oxygens (including phenoxy) is 2. The molecule has 0 radical (unpaired) electrons. The number of carbonyl (C=O) groups is 1. The third-order valence-corrected chi connectivity index (χ3v) is 4.48. The molecule has 0 unspecified atom stereocenters. The van der Waals surface area contributed by atoms with Crippen LogP contribution >= 0.6 is 11.3 Å². The molecule has 25 heavy (non-hydrogen) atoms. The predicted octanol–water partition coefficient (Wildman–Crippen LogP) is 3.47. The van der Waals surface area contributed by atoms with E-state index >= 15 is 0 Å². The molecule has 0 fully saturated rings. The lowest BCUT2D eigenvalue weighted by molar-refractivity contribution is 0.103. The number of methoxy groups -OCH3 is 2. The first-order valence-electron chi connectivity index (χ1n) is 7.28. The Kier molecular flexibility index (Phi) is 4.58. The lowest BCUT2D eigenvalue weighted by Gasteiger charge is -2.10. The third-order valence-electron chi connectivity index (χ3n) is 3.59.